The molecule has 29 heavy (non-hydrogen) atoms. The average Bonchev–Trinajstić information content (AvgIpc) is 3.36. The van der Waals surface area contributed by atoms with E-state index in [1.807, 2.05) is 4.90 Å². The molecule has 1 atom stereocenters. The van der Waals surface area contributed by atoms with E-state index in [0.29, 0.717) is 48.4 Å². The Morgan fingerprint density at radius 2 is 1.93 bits per heavy atom. The molecule has 2 aliphatic heterocycles. The van der Waals surface area contributed by atoms with Gasteiger partial charge in [0.05, 0.1) is 36.5 Å². The van der Waals surface area contributed by atoms with Crippen molar-refractivity contribution in [1.29, 1.82) is 0 Å². The second kappa shape index (κ2) is 7.88. The minimum Gasteiger partial charge on any atom is -0.495 e. The number of hydrogen-bond donors (Lipinski definition) is 0. The fraction of sp³-hybridized carbons (Fsp3) is 0.350. The molecule has 0 bridgehead atoms. The molecule has 0 radical (unpaired) electrons. The maximum absolute atomic E-state index is 13.0. The van der Waals surface area contributed by atoms with Crippen molar-refractivity contribution in [3.05, 3.63) is 47.4 Å². The van der Waals surface area contributed by atoms with E-state index in [-0.39, 0.29) is 24.1 Å². The second-order valence-electron chi connectivity index (χ2n) is 6.91. The number of ether oxygens (including phenoxy) is 1. The van der Waals surface area contributed by atoms with Gasteiger partial charge in [-0.3, -0.25) is 19.3 Å². The number of benzene rings is 1. The third-order valence-corrected chi connectivity index (χ3v) is 5.59. The van der Waals surface area contributed by atoms with Crippen LogP contribution in [-0.4, -0.2) is 66.9 Å². The first kappa shape index (κ1) is 19.5. The minimum absolute atomic E-state index is 0.106. The first-order chi connectivity index (χ1) is 14.0. The van der Waals surface area contributed by atoms with E-state index in [2.05, 4.69) is 0 Å². The predicted octanol–water partition coefficient (Wildman–Crippen LogP) is 2.03. The predicted molar refractivity (Wildman–Crippen MR) is 105 cm³/mol. The molecule has 4 rings (SSSR count). The molecule has 0 aliphatic carbocycles. The van der Waals surface area contributed by atoms with Gasteiger partial charge < -0.3 is 14.1 Å². The summed E-state index contributed by atoms with van der Waals surface area (Å²) in [5.74, 6) is 0.0619. The number of hydrogen-bond acceptors (Lipinski definition) is 6. The first-order valence-corrected chi connectivity index (χ1v) is 9.64. The average molecular weight is 418 g/mol. The van der Waals surface area contributed by atoms with Crippen LogP contribution >= 0.6 is 11.6 Å². The summed E-state index contributed by atoms with van der Waals surface area (Å²) in [6.07, 6.45) is 1.57. The lowest BCUT2D eigenvalue weighted by Crippen LogP contribution is -2.53. The molecule has 1 aromatic carbocycles. The number of halogens is 1. The normalized spacial score (nSPS) is 20.4. The highest BCUT2D eigenvalue weighted by atomic mass is 35.5. The van der Waals surface area contributed by atoms with Crippen molar-refractivity contribution in [3.8, 4) is 5.75 Å². The van der Waals surface area contributed by atoms with Gasteiger partial charge in [0.25, 0.3) is 11.8 Å². The third kappa shape index (κ3) is 3.61. The van der Waals surface area contributed by atoms with Crippen LogP contribution in [0.2, 0.25) is 5.02 Å². The smallest absolute Gasteiger partial charge is 0.289 e. The number of methoxy groups -OCH3 is 1. The highest BCUT2D eigenvalue weighted by Gasteiger charge is 2.43. The molecule has 2 saturated heterocycles. The van der Waals surface area contributed by atoms with Crippen molar-refractivity contribution in [2.45, 2.75) is 12.5 Å². The monoisotopic (exact) mass is 417 g/mol. The van der Waals surface area contributed by atoms with Crippen molar-refractivity contribution in [3.63, 3.8) is 0 Å². The molecule has 1 aromatic heterocycles. The third-order valence-electron chi connectivity index (χ3n) is 5.29. The molecule has 9 heteroatoms. The number of carbonyl (C=O) groups is 3. The summed E-state index contributed by atoms with van der Waals surface area (Å²) < 4.78 is 10.3. The number of furan rings is 1. The van der Waals surface area contributed by atoms with Crippen LogP contribution in [0.5, 0.6) is 5.75 Å². The molecule has 2 fully saturated rings. The lowest BCUT2D eigenvalue weighted by atomic mass is 10.1. The molecular weight excluding hydrogens is 398 g/mol. The standard InChI is InChI=1S/C20H20ClN3O5/c1-28-16-5-4-13(11-14(16)21)24-18(25)12-15(19(24)26)22-6-8-23(9-7-22)20(27)17-3-2-10-29-17/h2-5,10-11,15H,6-9,12H2,1H3/t15-/m1/s1. The number of amides is 3. The highest BCUT2D eigenvalue weighted by Crippen LogP contribution is 2.32. The van der Waals surface area contributed by atoms with Crippen LogP contribution in [0.1, 0.15) is 17.0 Å². The van der Waals surface area contributed by atoms with Gasteiger partial charge in [-0.2, -0.15) is 0 Å². The number of piperazine rings is 1. The Balaban J connectivity index is 1.43. The molecule has 152 valence electrons. The molecule has 3 heterocycles. The maximum Gasteiger partial charge on any atom is 0.289 e. The Morgan fingerprint density at radius 1 is 1.17 bits per heavy atom. The van der Waals surface area contributed by atoms with Gasteiger partial charge in [0.15, 0.2) is 5.76 Å². The van der Waals surface area contributed by atoms with E-state index in [1.54, 1.807) is 35.2 Å². The molecule has 0 spiro atoms. The van der Waals surface area contributed by atoms with E-state index in [0.717, 1.165) is 0 Å². The zero-order valence-corrected chi connectivity index (χ0v) is 16.6. The van der Waals surface area contributed by atoms with Gasteiger partial charge in [-0.15, -0.1) is 0 Å². The lowest BCUT2D eigenvalue weighted by molar-refractivity contribution is -0.123. The van der Waals surface area contributed by atoms with Crippen LogP contribution in [0.3, 0.4) is 0 Å². The summed E-state index contributed by atoms with van der Waals surface area (Å²) in [5.41, 5.74) is 0.430. The van der Waals surface area contributed by atoms with E-state index in [4.69, 9.17) is 20.8 Å². The van der Waals surface area contributed by atoms with E-state index < -0.39 is 6.04 Å². The van der Waals surface area contributed by atoms with Gasteiger partial charge in [-0.05, 0) is 30.3 Å². The topological polar surface area (TPSA) is 83.3 Å². The summed E-state index contributed by atoms with van der Waals surface area (Å²) in [5, 5.41) is 0.333. The summed E-state index contributed by atoms with van der Waals surface area (Å²) in [7, 11) is 1.50. The summed E-state index contributed by atoms with van der Waals surface area (Å²) >= 11 is 6.15. The molecule has 3 amide bonds. The van der Waals surface area contributed by atoms with Gasteiger partial charge in [0.2, 0.25) is 5.91 Å². The largest absolute Gasteiger partial charge is 0.495 e. The van der Waals surface area contributed by atoms with Gasteiger partial charge in [-0.25, -0.2) is 4.90 Å². The summed E-state index contributed by atoms with van der Waals surface area (Å²) in [6, 6.07) is 7.59. The molecular formula is C20H20ClN3O5. The van der Waals surface area contributed by atoms with Crippen molar-refractivity contribution >= 4 is 35.0 Å². The van der Waals surface area contributed by atoms with Crippen molar-refractivity contribution in [1.82, 2.24) is 9.80 Å². The van der Waals surface area contributed by atoms with Gasteiger partial charge >= 0.3 is 0 Å². The van der Waals surface area contributed by atoms with Crippen LogP contribution in [0.4, 0.5) is 5.69 Å². The molecule has 0 saturated carbocycles. The number of anilines is 1. The quantitative estimate of drug-likeness (QED) is 0.708. The Hall–Kier alpha value is -2.84. The maximum atomic E-state index is 13.0. The minimum atomic E-state index is -0.538. The van der Waals surface area contributed by atoms with Crippen LogP contribution in [0.25, 0.3) is 0 Å². The number of imide groups is 1. The first-order valence-electron chi connectivity index (χ1n) is 9.26. The Labute approximate surface area is 172 Å². The Kier molecular flexibility index (Phi) is 5.29. The summed E-state index contributed by atoms with van der Waals surface area (Å²) in [4.78, 5) is 42.7. The van der Waals surface area contributed by atoms with Gasteiger partial charge in [0.1, 0.15) is 5.75 Å². The molecule has 2 aliphatic rings. The van der Waals surface area contributed by atoms with E-state index in [1.165, 1.54) is 18.3 Å². The zero-order valence-electron chi connectivity index (χ0n) is 15.8. The summed E-state index contributed by atoms with van der Waals surface area (Å²) in [6.45, 7) is 1.94. The molecule has 0 unspecified atom stereocenters. The van der Waals surface area contributed by atoms with E-state index >= 15 is 0 Å². The van der Waals surface area contributed by atoms with E-state index in [9.17, 15) is 14.4 Å². The zero-order chi connectivity index (χ0) is 20.5. The van der Waals surface area contributed by atoms with Crippen molar-refractivity contribution < 1.29 is 23.5 Å². The Bertz CT molecular complexity index is 938. The number of rotatable bonds is 4. The second-order valence-corrected chi connectivity index (χ2v) is 7.32. The molecule has 8 nitrogen and oxygen atoms in total. The molecule has 2 aromatic rings. The number of carbonyl (C=O) groups excluding carboxylic acids is 3. The Morgan fingerprint density at radius 3 is 2.55 bits per heavy atom. The molecule has 0 N–H and O–H groups in total. The van der Waals surface area contributed by atoms with Gasteiger partial charge in [-0.1, -0.05) is 11.6 Å². The van der Waals surface area contributed by atoms with Crippen LogP contribution in [0, 0.1) is 0 Å². The van der Waals surface area contributed by atoms with Gasteiger partial charge in [0, 0.05) is 26.2 Å². The van der Waals surface area contributed by atoms with Crippen molar-refractivity contribution in [2.75, 3.05) is 38.2 Å². The number of nitrogens with zero attached hydrogens (tertiary/aromatic N) is 3. The van der Waals surface area contributed by atoms with Crippen LogP contribution in [0.15, 0.2) is 41.0 Å². The van der Waals surface area contributed by atoms with Crippen LogP contribution in [-0.2, 0) is 9.59 Å². The lowest BCUT2D eigenvalue weighted by Gasteiger charge is -2.36. The highest BCUT2D eigenvalue weighted by molar-refractivity contribution is 6.33. The van der Waals surface area contributed by atoms with Crippen molar-refractivity contribution in [2.24, 2.45) is 0 Å². The fourth-order valence-corrected chi connectivity index (χ4v) is 4.01. The fourth-order valence-electron chi connectivity index (χ4n) is 3.76. The van der Waals surface area contributed by atoms with Crippen LogP contribution < -0.4 is 9.64 Å². The SMILES string of the molecule is COc1ccc(N2C(=O)C[C@@H](N3CCN(C(=O)c4ccco4)CC3)C2=O)cc1Cl.